The lowest BCUT2D eigenvalue weighted by Crippen LogP contribution is -2.16. The van der Waals surface area contributed by atoms with Crippen LogP contribution in [0, 0.1) is 10.9 Å². The standard InChI is InChI=1S/C8H13BrN4OS/c1-2-12-4-6(13-11)7(14)5(3-10)8(9)15/h3-4,7,10-12,14-15H,2H2,1H3/b6-4-,8-5+,10-3?,13-11?. The lowest BCUT2D eigenvalue weighted by Gasteiger charge is -2.11. The third-order valence-corrected chi connectivity index (χ3v) is 2.27. The zero-order chi connectivity index (χ0) is 11.8. The van der Waals surface area contributed by atoms with Gasteiger partial charge >= 0.3 is 0 Å². The molecular weight excluding hydrogens is 280 g/mol. The van der Waals surface area contributed by atoms with E-state index in [1.807, 2.05) is 6.92 Å². The van der Waals surface area contributed by atoms with Crippen LogP contribution in [0.5, 0.6) is 0 Å². The lowest BCUT2D eigenvalue weighted by molar-refractivity contribution is 0.249. The van der Waals surface area contributed by atoms with Crippen molar-refractivity contribution in [2.75, 3.05) is 6.54 Å². The molecule has 0 saturated heterocycles. The molecule has 0 aromatic carbocycles. The quantitative estimate of drug-likeness (QED) is 0.294. The number of halogens is 1. The normalized spacial score (nSPS) is 15.3. The first kappa shape index (κ1) is 14.3. The van der Waals surface area contributed by atoms with Gasteiger partial charge in [0.25, 0.3) is 0 Å². The van der Waals surface area contributed by atoms with Gasteiger partial charge in [0, 0.05) is 24.5 Å². The van der Waals surface area contributed by atoms with Crippen LogP contribution in [0.25, 0.3) is 0 Å². The van der Waals surface area contributed by atoms with E-state index in [1.54, 1.807) is 0 Å². The maximum absolute atomic E-state index is 9.76. The second kappa shape index (κ2) is 7.61. The van der Waals surface area contributed by atoms with Crippen LogP contribution in [0.4, 0.5) is 0 Å². The third-order valence-electron chi connectivity index (χ3n) is 1.55. The molecule has 1 atom stereocenters. The van der Waals surface area contributed by atoms with Gasteiger partial charge in [-0.05, 0) is 22.9 Å². The summed E-state index contributed by atoms with van der Waals surface area (Å²) in [5.74, 6) is 0. The number of rotatable bonds is 6. The number of thiol groups is 1. The first-order valence-electron chi connectivity index (χ1n) is 4.16. The Hall–Kier alpha value is -0.660. The van der Waals surface area contributed by atoms with E-state index in [4.69, 9.17) is 10.9 Å². The van der Waals surface area contributed by atoms with Crippen LogP contribution < -0.4 is 5.32 Å². The van der Waals surface area contributed by atoms with Crippen LogP contribution in [0.1, 0.15) is 6.92 Å². The summed E-state index contributed by atoms with van der Waals surface area (Å²) in [6, 6.07) is 0. The number of nitrogens with one attached hydrogen (secondary N) is 3. The zero-order valence-corrected chi connectivity index (χ0v) is 10.6. The van der Waals surface area contributed by atoms with Crippen LogP contribution in [-0.2, 0) is 0 Å². The van der Waals surface area contributed by atoms with Crippen LogP contribution in [-0.4, -0.2) is 24.0 Å². The third kappa shape index (κ3) is 4.59. The molecule has 84 valence electrons. The van der Waals surface area contributed by atoms with Gasteiger partial charge in [0.2, 0.25) is 0 Å². The van der Waals surface area contributed by atoms with Gasteiger partial charge in [0.15, 0.2) is 0 Å². The Kier molecular flexibility index (Phi) is 7.27. The fourth-order valence-electron chi connectivity index (χ4n) is 0.790. The molecule has 7 heteroatoms. The summed E-state index contributed by atoms with van der Waals surface area (Å²) >= 11 is 7.02. The predicted molar refractivity (Wildman–Crippen MR) is 66.6 cm³/mol. The minimum absolute atomic E-state index is 0.126. The summed E-state index contributed by atoms with van der Waals surface area (Å²) in [6.45, 7) is 2.55. The van der Waals surface area contributed by atoms with Gasteiger partial charge in [0.05, 0.1) is 3.81 Å². The molecule has 4 N–H and O–H groups in total. The molecule has 0 aliphatic carbocycles. The Balaban J connectivity index is 4.94. The zero-order valence-electron chi connectivity index (χ0n) is 8.16. The molecule has 0 radical (unpaired) electrons. The van der Waals surface area contributed by atoms with Gasteiger partial charge in [-0.2, -0.15) is 5.11 Å². The number of aliphatic hydroxyl groups is 1. The van der Waals surface area contributed by atoms with Crippen molar-refractivity contribution in [3.63, 3.8) is 0 Å². The van der Waals surface area contributed by atoms with Crippen molar-refractivity contribution in [2.24, 2.45) is 5.11 Å². The molecule has 1 unspecified atom stereocenters. The number of hydrogen-bond acceptors (Lipinski definition) is 6. The van der Waals surface area contributed by atoms with E-state index >= 15 is 0 Å². The lowest BCUT2D eigenvalue weighted by atomic mass is 10.1. The van der Waals surface area contributed by atoms with Crippen molar-refractivity contribution in [3.8, 4) is 0 Å². The molecule has 0 amide bonds. The smallest absolute Gasteiger partial charge is 0.127 e. The van der Waals surface area contributed by atoms with E-state index in [0.29, 0.717) is 10.4 Å². The Morgan fingerprint density at radius 3 is 2.67 bits per heavy atom. The van der Waals surface area contributed by atoms with E-state index in [0.717, 1.165) is 6.21 Å². The van der Waals surface area contributed by atoms with E-state index in [2.05, 4.69) is 39.0 Å². The van der Waals surface area contributed by atoms with Crippen molar-refractivity contribution >= 4 is 34.8 Å². The van der Waals surface area contributed by atoms with Crippen LogP contribution in [0.2, 0.25) is 0 Å². The molecule has 0 saturated carbocycles. The van der Waals surface area contributed by atoms with Gasteiger partial charge in [0.1, 0.15) is 11.8 Å². The van der Waals surface area contributed by atoms with E-state index in [1.165, 1.54) is 6.20 Å². The highest BCUT2D eigenvalue weighted by Crippen LogP contribution is 2.21. The van der Waals surface area contributed by atoms with Gasteiger partial charge in [-0.15, -0.1) is 12.6 Å². The molecule has 5 nitrogen and oxygen atoms in total. The molecule has 0 heterocycles. The second-order valence-corrected chi connectivity index (χ2v) is 4.38. The Morgan fingerprint density at radius 1 is 1.73 bits per heavy atom. The summed E-state index contributed by atoms with van der Waals surface area (Å²) in [4.78, 5) is 0. The first-order chi connectivity index (χ1) is 7.08. The van der Waals surface area contributed by atoms with Gasteiger partial charge in [-0.1, -0.05) is 0 Å². The molecule has 0 fully saturated rings. The van der Waals surface area contributed by atoms with E-state index in [-0.39, 0.29) is 11.3 Å². The fourth-order valence-corrected chi connectivity index (χ4v) is 1.31. The van der Waals surface area contributed by atoms with Crippen molar-refractivity contribution < 1.29 is 5.11 Å². The Labute approximate surface area is 102 Å². The molecule has 0 aliphatic rings. The predicted octanol–water partition coefficient (Wildman–Crippen LogP) is 2.02. The molecule has 15 heavy (non-hydrogen) atoms. The average molecular weight is 293 g/mol. The van der Waals surface area contributed by atoms with Gasteiger partial charge < -0.3 is 15.8 Å². The maximum atomic E-state index is 9.76. The van der Waals surface area contributed by atoms with Gasteiger partial charge in [-0.25, -0.2) is 5.53 Å². The molecular formula is C8H13BrN4OS. The van der Waals surface area contributed by atoms with Crippen molar-refractivity contribution in [3.05, 3.63) is 21.3 Å². The summed E-state index contributed by atoms with van der Waals surface area (Å²) in [6.07, 6.45) is 1.27. The average Bonchev–Trinajstić information content (AvgIpc) is 2.19. The minimum Gasteiger partial charge on any atom is -0.390 e. The highest BCUT2D eigenvalue weighted by Gasteiger charge is 2.16. The summed E-state index contributed by atoms with van der Waals surface area (Å²) in [5, 5.41) is 22.9. The van der Waals surface area contributed by atoms with E-state index < -0.39 is 6.10 Å². The number of nitrogens with zero attached hydrogens (tertiary/aromatic N) is 1. The van der Waals surface area contributed by atoms with Crippen molar-refractivity contribution in [1.29, 1.82) is 10.9 Å². The number of aliphatic hydroxyl groups excluding tert-OH is 1. The van der Waals surface area contributed by atoms with Gasteiger partial charge in [-0.3, -0.25) is 0 Å². The highest BCUT2D eigenvalue weighted by molar-refractivity contribution is 9.13. The monoisotopic (exact) mass is 292 g/mol. The topological polar surface area (TPSA) is 92.3 Å². The maximum Gasteiger partial charge on any atom is 0.127 e. The second-order valence-electron chi connectivity index (χ2n) is 2.53. The van der Waals surface area contributed by atoms with Crippen molar-refractivity contribution in [2.45, 2.75) is 13.0 Å². The summed E-state index contributed by atoms with van der Waals surface area (Å²) < 4.78 is 0.344. The molecule has 0 aromatic heterocycles. The molecule has 0 spiro atoms. The summed E-state index contributed by atoms with van der Waals surface area (Å²) in [7, 11) is 0. The molecule has 0 rings (SSSR count). The van der Waals surface area contributed by atoms with Crippen LogP contribution in [0.15, 0.2) is 26.4 Å². The van der Waals surface area contributed by atoms with E-state index in [9.17, 15) is 5.11 Å². The highest BCUT2D eigenvalue weighted by atomic mass is 79.9. The van der Waals surface area contributed by atoms with Crippen LogP contribution in [0.3, 0.4) is 0 Å². The van der Waals surface area contributed by atoms with Crippen LogP contribution >= 0.6 is 28.6 Å². The number of hydrogen-bond donors (Lipinski definition) is 5. The Morgan fingerprint density at radius 2 is 2.33 bits per heavy atom. The minimum atomic E-state index is -1.13. The molecule has 0 bridgehead atoms. The first-order valence-corrected chi connectivity index (χ1v) is 5.40. The van der Waals surface area contributed by atoms with Crippen molar-refractivity contribution in [1.82, 2.24) is 5.32 Å². The SMILES string of the molecule is CCN/C=C(\N=N)C(O)/C(C=N)=C(/S)Br. The molecule has 0 aliphatic heterocycles. The largest absolute Gasteiger partial charge is 0.390 e. The Bertz CT molecular complexity index is 299. The fraction of sp³-hybridized carbons (Fsp3) is 0.375. The summed E-state index contributed by atoms with van der Waals surface area (Å²) in [5.41, 5.74) is 7.27. The molecule has 0 aromatic rings.